The summed E-state index contributed by atoms with van der Waals surface area (Å²) in [6.07, 6.45) is 1.67. The first kappa shape index (κ1) is 7.10. The summed E-state index contributed by atoms with van der Waals surface area (Å²) in [6, 6.07) is 9.98. The third kappa shape index (κ3) is 1.23. The lowest BCUT2D eigenvalue weighted by Gasteiger charge is -1.91. The van der Waals surface area contributed by atoms with Gasteiger partial charge < -0.3 is 4.42 Å². The molecule has 0 N–H and O–H groups in total. The number of aromatic nitrogens is 1. The molecule has 0 atom stereocenters. The second kappa shape index (κ2) is 2.81. The Kier molecular flexibility index (Phi) is 1.67. The normalized spacial score (nSPS) is 10.1. The third-order valence-electron chi connectivity index (χ3n) is 1.69. The molecule has 0 spiro atoms. The Hall–Kier alpha value is -1.57. The molecule has 1 heterocycles. The van der Waals surface area contributed by atoms with Crippen LogP contribution in [0, 0.1) is 6.92 Å². The van der Waals surface area contributed by atoms with Crippen molar-refractivity contribution in [2.75, 3.05) is 0 Å². The summed E-state index contributed by atoms with van der Waals surface area (Å²) >= 11 is 0. The highest BCUT2D eigenvalue weighted by molar-refractivity contribution is 5.57. The molecule has 0 fully saturated rings. The first-order valence-electron chi connectivity index (χ1n) is 3.84. The number of hydrogen-bond donors (Lipinski definition) is 0. The van der Waals surface area contributed by atoms with Crippen molar-refractivity contribution in [1.82, 2.24) is 4.98 Å². The van der Waals surface area contributed by atoms with Gasteiger partial charge in [0.2, 0.25) is 0 Å². The first-order chi connectivity index (χ1) is 5.86. The van der Waals surface area contributed by atoms with Crippen LogP contribution in [0.1, 0.15) is 5.89 Å². The minimum atomic E-state index is 0.703. The molecule has 0 radical (unpaired) electrons. The summed E-state index contributed by atoms with van der Waals surface area (Å²) in [5.41, 5.74) is 1.99. The van der Waals surface area contributed by atoms with E-state index in [1.807, 2.05) is 37.3 Å². The van der Waals surface area contributed by atoms with Crippen LogP contribution >= 0.6 is 0 Å². The molecule has 0 bridgehead atoms. The fraction of sp³-hybridized carbons (Fsp3) is 0.100. The monoisotopic (exact) mass is 159 g/mol. The Labute approximate surface area is 70.9 Å². The number of hydrogen-bond acceptors (Lipinski definition) is 2. The Balaban J connectivity index is 2.45. The lowest BCUT2D eigenvalue weighted by molar-refractivity contribution is 0.521. The van der Waals surface area contributed by atoms with Crippen molar-refractivity contribution in [3.05, 3.63) is 42.5 Å². The zero-order valence-electron chi connectivity index (χ0n) is 6.82. The van der Waals surface area contributed by atoms with E-state index in [0.29, 0.717) is 5.89 Å². The molecule has 1 aromatic carbocycles. The maximum atomic E-state index is 5.11. The maximum absolute atomic E-state index is 5.11. The lowest BCUT2D eigenvalue weighted by Crippen LogP contribution is -1.75. The maximum Gasteiger partial charge on any atom is 0.191 e. The van der Waals surface area contributed by atoms with E-state index in [1.54, 1.807) is 6.26 Å². The van der Waals surface area contributed by atoms with Gasteiger partial charge in [-0.3, -0.25) is 0 Å². The SMILES string of the molecule is Cc1nc(-c2ccccc2)co1. The molecule has 12 heavy (non-hydrogen) atoms. The molecule has 2 rings (SSSR count). The van der Waals surface area contributed by atoms with Crippen molar-refractivity contribution in [2.45, 2.75) is 6.92 Å². The Bertz CT molecular complexity index is 364. The van der Waals surface area contributed by atoms with E-state index in [2.05, 4.69) is 4.98 Å². The second-order valence-corrected chi connectivity index (χ2v) is 2.62. The Morgan fingerprint density at radius 3 is 2.50 bits per heavy atom. The quantitative estimate of drug-likeness (QED) is 0.639. The lowest BCUT2D eigenvalue weighted by atomic mass is 10.2. The molecule has 0 aliphatic rings. The van der Waals surface area contributed by atoms with Gasteiger partial charge in [-0.25, -0.2) is 4.98 Å². The minimum Gasteiger partial charge on any atom is -0.449 e. The second-order valence-electron chi connectivity index (χ2n) is 2.62. The van der Waals surface area contributed by atoms with Crippen LogP contribution in [0.15, 0.2) is 41.0 Å². The van der Waals surface area contributed by atoms with Crippen LogP contribution in [-0.4, -0.2) is 4.98 Å². The highest BCUT2D eigenvalue weighted by atomic mass is 16.3. The van der Waals surface area contributed by atoms with Crippen molar-refractivity contribution < 1.29 is 4.42 Å². The molecule has 0 aliphatic heterocycles. The number of aryl methyl sites for hydroxylation is 1. The molecule has 0 amide bonds. The molecule has 0 unspecified atom stereocenters. The molecular formula is C10H9NO. The molecule has 1 aromatic heterocycles. The number of rotatable bonds is 1. The minimum absolute atomic E-state index is 0.703. The van der Waals surface area contributed by atoms with E-state index in [-0.39, 0.29) is 0 Å². The standard InChI is InChI=1S/C10H9NO/c1-8-11-10(7-12-8)9-5-3-2-4-6-9/h2-7H,1H3. The topological polar surface area (TPSA) is 26.0 Å². The number of benzene rings is 1. The van der Waals surface area contributed by atoms with E-state index < -0.39 is 0 Å². The van der Waals surface area contributed by atoms with Crippen LogP contribution < -0.4 is 0 Å². The van der Waals surface area contributed by atoms with E-state index in [4.69, 9.17) is 4.42 Å². The third-order valence-corrected chi connectivity index (χ3v) is 1.69. The predicted octanol–water partition coefficient (Wildman–Crippen LogP) is 2.65. The van der Waals surface area contributed by atoms with Crippen LogP contribution in [0.5, 0.6) is 0 Å². The van der Waals surface area contributed by atoms with E-state index in [9.17, 15) is 0 Å². The molecule has 2 heteroatoms. The highest BCUT2D eigenvalue weighted by Crippen LogP contribution is 2.16. The molecule has 0 saturated heterocycles. The summed E-state index contributed by atoms with van der Waals surface area (Å²) in [5.74, 6) is 0.703. The van der Waals surface area contributed by atoms with Crippen molar-refractivity contribution in [1.29, 1.82) is 0 Å². The molecule has 0 aliphatic carbocycles. The first-order valence-corrected chi connectivity index (χ1v) is 3.84. The number of oxazole rings is 1. The van der Waals surface area contributed by atoms with Gasteiger partial charge in [-0.1, -0.05) is 30.3 Å². The Morgan fingerprint density at radius 2 is 1.92 bits per heavy atom. The van der Waals surface area contributed by atoms with Crippen LogP contribution in [0.25, 0.3) is 11.3 Å². The highest BCUT2D eigenvalue weighted by Gasteiger charge is 2.00. The van der Waals surface area contributed by atoms with Crippen molar-refractivity contribution in [2.24, 2.45) is 0 Å². The van der Waals surface area contributed by atoms with Gasteiger partial charge in [-0.05, 0) is 0 Å². The number of nitrogens with zero attached hydrogens (tertiary/aromatic N) is 1. The van der Waals surface area contributed by atoms with Crippen molar-refractivity contribution >= 4 is 0 Å². The van der Waals surface area contributed by atoms with Crippen LogP contribution in [0.3, 0.4) is 0 Å². The zero-order valence-corrected chi connectivity index (χ0v) is 6.82. The average molecular weight is 159 g/mol. The fourth-order valence-corrected chi connectivity index (χ4v) is 1.10. The smallest absolute Gasteiger partial charge is 0.191 e. The molecule has 2 aromatic rings. The van der Waals surface area contributed by atoms with Crippen molar-refractivity contribution in [3.63, 3.8) is 0 Å². The average Bonchev–Trinajstić information content (AvgIpc) is 2.54. The largest absolute Gasteiger partial charge is 0.449 e. The van der Waals surface area contributed by atoms with Crippen LogP contribution in [-0.2, 0) is 0 Å². The van der Waals surface area contributed by atoms with Gasteiger partial charge in [0, 0.05) is 12.5 Å². The summed E-state index contributed by atoms with van der Waals surface area (Å²) < 4.78 is 5.11. The van der Waals surface area contributed by atoms with Gasteiger partial charge in [-0.15, -0.1) is 0 Å². The summed E-state index contributed by atoms with van der Waals surface area (Å²) in [5, 5.41) is 0. The molecule has 2 nitrogen and oxygen atoms in total. The van der Waals surface area contributed by atoms with Crippen LogP contribution in [0.4, 0.5) is 0 Å². The van der Waals surface area contributed by atoms with Crippen LogP contribution in [0.2, 0.25) is 0 Å². The Morgan fingerprint density at radius 1 is 1.17 bits per heavy atom. The van der Waals surface area contributed by atoms with E-state index >= 15 is 0 Å². The summed E-state index contributed by atoms with van der Waals surface area (Å²) in [6.45, 7) is 1.84. The molecular weight excluding hydrogens is 150 g/mol. The molecule has 0 saturated carbocycles. The zero-order chi connectivity index (χ0) is 8.39. The fourth-order valence-electron chi connectivity index (χ4n) is 1.10. The van der Waals surface area contributed by atoms with E-state index in [1.165, 1.54) is 0 Å². The van der Waals surface area contributed by atoms with Gasteiger partial charge in [0.1, 0.15) is 12.0 Å². The van der Waals surface area contributed by atoms with Gasteiger partial charge in [0.05, 0.1) is 0 Å². The van der Waals surface area contributed by atoms with E-state index in [0.717, 1.165) is 11.3 Å². The predicted molar refractivity (Wildman–Crippen MR) is 46.7 cm³/mol. The van der Waals surface area contributed by atoms with Gasteiger partial charge in [0.15, 0.2) is 5.89 Å². The van der Waals surface area contributed by atoms with Gasteiger partial charge in [-0.2, -0.15) is 0 Å². The summed E-state index contributed by atoms with van der Waals surface area (Å²) in [7, 11) is 0. The summed E-state index contributed by atoms with van der Waals surface area (Å²) in [4.78, 5) is 4.21. The molecule has 60 valence electrons. The van der Waals surface area contributed by atoms with Crippen molar-refractivity contribution in [3.8, 4) is 11.3 Å². The van der Waals surface area contributed by atoms with Gasteiger partial charge >= 0.3 is 0 Å². The van der Waals surface area contributed by atoms with Gasteiger partial charge in [0.25, 0.3) is 0 Å².